The predicted octanol–water partition coefficient (Wildman–Crippen LogP) is 9.28. The standard InChI is InChI=1S/C34H51FO/c1-22(2)7-6-8-23(3)28-15-16-29-26-13-14-30-27(21-24-9-11-25(35)12-10-24)32(36)18-20-34(30,5)31(26)17-19-33(28,29)4/h9-12,22-23,26-31H,6-8,13-21H2,1-5H3/t23-,26+,27?,28-,29+,30?,31+,33-,34+/m1/s1. The zero-order chi connectivity index (χ0) is 25.7. The van der Waals surface area contributed by atoms with Gasteiger partial charge in [-0.25, -0.2) is 4.39 Å². The van der Waals surface area contributed by atoms with Gasteiger partial charge in [-0.3, -0.25) is 4.79 Å². The van der Waals surface area contributed by atoms with Crippen LogP contribution in [0, 0.1) is 64.0 Å². The minimum atomic E-state index is -0.187. The van der Waals surface area contributed by atoms with Gasteiger partial charge < -0.3 is 0 Å². The molecule has 4 aliphatic carbocycles. The van der Waals surface area contributed by atoms with Crippen molar-refractivity contribution in [2.45, 2.75) is 112 Å². The summed E-state index contributed by atoms with van der Waals surface area (Å²) in [6, 6.07) is 6.91. The van der Waals surface area contributed by atoms with Crippen LogP contribution in [0.2, 0.25) is 0 Å². The Morgan fingerprint density at radius 1 is 0.861 bits per heavy atom. The van der Waals surface area contributed by atoms with Crippen LogP contribution in [0.3, 0.4) is 0 Å². The highest BCUT2D eigenvalue weighted by atomic mass is 19.1. The average molecular weight is 495 g/mol. The van der Waals surface area contributed by atoms with Crippen LogP contribution < -0.4 is 0 Å². The van der Waals surface area contributed by atoms with Crippen LogP contribution in [-0.4, -0.2) is 5.78 Å². The van der Waals surface area contributed by atoms with Crippen LogP contribution in [-0.2, 0) is 11.2 Å². The smallest absolute Gasteiger partial charge is 0.136 e. The minimum absolute atomic E-state index is 0.126. The molecular formula is C34H51FO. The van der Waals surface area contributed by atoms with E-state index in [9.17, 15) is 9.18 Å². The van der Waals surface area contributed by atoms with Crippen molar-refractivity contribution >= 4 is 5.78 Å². The first-order valence-corrected chi connectivity index (χ1v) is 15.4. The lowest BCUT2D eigenvalue weighted by Crippen LogP contribution is -2.56. The second-order valence-corrected chi connectivity index (χ2v) is 14.5. The van der Waals surface area contributed by atoms with Gasteiger partial charge in [-0.2, -0.15) is 0 Å². The Morgan fingerprint density at radius 2 is 1.56 bits per heavy atom. The summed E-state index contributed by atoms with van der Waals surface area (Å²) in [7, 11) is 0. The molecule has 1 aromatic carbocycles. The summed E-state index contributed by atoms with van der Waals surface area (Å²) in [6.45, 7) is 12.5. The molecule has 1 nitrogen and oxygen atoms in total. The van der Waals surface area contributed by atoms with E-state index < -0.39 is 0 Å². The van der Waals surface area contributed by atoms with E-state index in [1.165, 1.54) is 57.8 Å². The van der Waals surface area contributed by atoms with Gasteiger partial charge in [-0.1, -0.05) is 66.0 Å². The van der Waals surface area contributed by atoms with Crippen LogP contribution in [0.25, 0.3) is 0 Å². The fourth-order valence-electron chi connectivity index (χ4n) is 10.5. The molecule has 2 unspecified atom stereocenters. The summed E-state index contributed by atoms with van der Waals surface area (Å²) >= 11 is 0. The molecule has 0 N–H and O–H groups in total. The Labute approximate surface area is 220 Å². The van der Waals surface area contributed by atoms with E-state index in [4.69, 9.17) is 0 Å². The van der Waals surface area contributed by atoms with Crippen LogP contribution in [0.5, 0.6) is 0 Å². The SMILES string of the molecule is CC(C)CCC[C@@H](C)[C@H]1CC[C@H]2[C@@H]3CCC4C(Cc5ccc(F)cc5)C(=O)CC[C@]4(C)[C@H]3CC[C@]12C. The first-order valence-electron chi connectivity index (χ1n) is 15.4. The number of halogens is 1. The molecule has 5 rings (SSSR count). The molecule has 2 heteroatoms. The zero-order valence-corrected chi connectivity index (χ0v) is 23.7. The Kier molecular flexibility index (Phi) is 7.47. The van der Waals surface area contributed by atoms with Crippen molar-refractivity contribution in [3.63, 3.8) is 0 Å². The van der Waals surface area contributed by atoms with Gasteiger partial charge in [-0.05, 0) is 121 Å². The molecule has 0 amide bonds. The molecule has 36 heavy (non-hydrogen) atoms. The highest BCUT2D eigenvalue weighted by Crippen LogP contribution is 2.68. The van der Waals surface area contributed by atoms with Crippen LogP contribution in [0.4, 0.5) is 4.39 Å². The number of Topliss-reactive ketones (excluding diaryl/α,β-unsaturated/α-hetero) is 1. The number of rotatable bonds is 7. The number of ketones is 1. The summed E-state index contributed by atoms with van der Waals surface area (Å²) in [4.78, 5) is 13.2. The van der Waals surface area contributed by atoms with Crippen LogP contribution >= 0.6 is 0 Å². The third kappa shape index (κ3) is 4.62. The molecule has 0 aliphatic heterocycles. The number of benzene rings is 1. The summed E-state index contributed by atoms with van der Waals surface area (Å²) in [6.07, 6.45) is 15.0. The van der Waals surface area contributed by atoms with Crippen molar-refractivity contribution in [2.75, 3.05) is 0 Å². The lowest BCUT2D eigenvalue weighted by atomic mass is 9.43. The maximum absolute atomic E-state index is 13.5. The highest BCUT2D eigenvalue weighted by molar-refractivity contribution is 5.82. The molecule has 0 radical (unpaired) electrons. The van der Waals surface area contributed by atoms with Gasteiger partial charge in [0.1, 0.15) is 11.6 Å². The minimum Gasteiger partial charge on any atom is -0.299 e. The Morgan fingerprint density at radius 3 is 2.28 bits per heavy atom. The topological polar surface area (TPSA) is 17.1 Å². The van der Waals surface area contributed by atoms with E-state index in [1.807, 2.05) is 12.1 Å². The number of carbonyl (C=O) groups is 1. The first kappa shape index (κ1) is 26.4. The fourth-order valence-corrected chi connectivity index (χ4v) is 10.5. The summed E-state index contributed by atoms with van der Waals surface area (Å²) in [5.74, 6) is 6.03. The Hall–Kier alpha value is -1.18. The second-order valence-electron chi connectivity index (χ2n) is 14.5. The zero-order valence-electron chi connectivity index (χ0n) is 23.7. The molecule has 9 atom stereocenters. The molecule has 1 aromatic rings. The van der Waals surface area contributed by atoms with Gasteiger partial charge in [0.2, 0.25) is 0 Å². The van der Waals surface area contributed by atoms with E-state index in [0.717, 1.165) is 60.3 Å². The van der Waals surface area contributed by atoms with Crippen molar-refractivity contribution in [1.29, 1.82) is 0 Å². The van der Waals surface area contributed by atoms with Crippen molar-refractivity contribution < 1.29 is 9.18 Å². The van der Waals surface area contributed by atoms with E-state index >= 15 is 0 Å². The Bertz CT molecular complexity index is 920. The van der Waals surface area contributed by atoms with Gasteiger partial charge in [0.15, 0.2) is 0 Å². The normalized spacial score (nSPS) is 41.0. The molecule has 0 bridgehead atoms. The highest BCUT2D eigenvalue weighted by Gasteiger charge is 2.61. The molecule has 0 saturated heterocycles. The van der Waals surface area contributed by atoms with E-state index in [-0.39, 0.29) is 11.7 Å². The summed E-state index contributed by atoms with van der Waals surface area (Å²) < 4.78 is 13.5. The molecule has 0 spiro atoms. The third-order valence-electron chi connectivity index (χ3n) is 12.3. The van der Waals surface area contributed by atoms with E-state index in [1.54, 1.807) is 12.1 Å². The van der Waals surface area contributed by atoms with Gasteiger partial charge in [0.25, 0.3) is 0 Å². The average Bonchev–Trinajstić information content (AvgIpc) is 3.19. The summed E-state index contributed by atoms with van der Waals surface area (Å²) in [5.41, 5.74) is 1.95. The molecule has 200 valence electrons. The monoisotopic (exact) mass is 494 g/mol. The molecule has 4 saturated carbocycles. The maximum Gasteiger partial charge on any atom is 0.136 e. The van der Waals surface area contributed by atoms with Crippen molar-refractivity contribution in [3.05, 3.63) is 35.6 Å². The predicted molar refractivity (Wildman–Crippen MR) is 147 cm³/mol. The maximum atomic E-state index is 13.5. The van der Waals surface area contributed by atoms with Gasteiger partial charge in [-0.15, -0.1) is 0 Å². The van der Waals surface area contributed by atoms with Crippen molar-refractivity contribution in [3.8, 4) is 0 Å². The lowest BCUT2D eigenvalue weighted by Gasteiger charge is -2.62. The molecule has 4 aliphatic rings. The molecule has 0 heterocycles. The lowest BCUT2D eigenvalue weighted by molar-refractivity contribution is -0.152. The van der Waals surface area contributed by atoms with Gasteiger partial charge >= 0.3 is 0 Å². The number of fused-ring (bicyclic) bond motifs is 5. The van der Waals surface area contributed by atoms with Gasteiger partial charge in [0, 0.05) is 12.3 Å². The van der Waals surface area contributed by atoms with E-state index in [2.05, 4.69) is 34.6 Å². The quantitative estimate of drug-likeness (QED) is 0.369. The van der Waals surface area contributed by atoms with Crippen molar-refractivity contribution in [1.82, 2.24) is 0 Å². The fraction of sp³-hybridized carbons (Fsp3) is 0.794. The molecular weight excluding hydrogens is 443 g/mol. The van der Waals surface area contributed by atoms with E-state index in [0.29, 0.717) is 22.5 Å². The molecule has 4 fully saturated rings. The summed E-state index contributed by atoms with van der Waals surface area (Å²) in [5, 5.41) is 0. The number of hydrogen-bond acceptors (Lipinski definition) is 1. The number of carbonyl (C=O) groups excluding carboxylic acids is 1. The van der Waals surface area contributed by atoms with Crippen LogP contribution in [0.1, 0.15) is 111 Å². The molecule has 0 aromatic heterocycles. The largest absolute Gasteiger partial charge is 0.299 e. The number of hydrogen-bond donors (Lipinski definition) is 0. The Balaban J connectivity index is 1.31. The van der Waals surface area contributed by atoms with Gasteiger partial charge in [0.05, 0.1) is 0 Å². The third-order valence-corrected chi connectivity index (χ3v) is 12.3. The van der Waals surface area contributed by atoms with Crippen LogP contribution in [0.15, 0.2) is 24.3 Å². The second kappa shape index (κ2) is 10.2. The first-order chi connectivity index (χ1) is 17.1. The van der Waals surface area contributed by atoms with Crippen molar-refractivity contribution in [2.24, 2.45) is 58.2 Å².